The van der Waals surface area contributed by atoms with Crippen molar-refractivity contribution in [3.63, 3.8) is 0 Å². The molecule has 28 heavy (non-hydrogen) atoms. The zero-order chi connectivity index (χ0) is 19.1. The first-order valence-electron chi connectivity index (χ1n) is 11.0. The minimum absolute atomic E-state index is 0. The van der Waals surface area contributed by atoms with Crippen LogP contribution in [0.15, 0.2) is 4.99 Å². The second-order valence-corrected chi connectivity index (χ2v) is 8.51. The zero-order valence-corrected chi connectivity index (χ0v) is 20.0. The number of hydrogen-bond acceptors (Lipinski definition) is 4. The number of likely N-dealkylation sites (tertiary alicyclic amines) is 2. The molecule has 1 aliphatic carbocycles. The maximum absolute atomic E-state index is 11.7. The number of carbonyl (C=O) groups is 1. The Morgan fingerprint density at radius 3 is 2.39 bits per heavy atom. The Labute approximate surface area is 187 Å². The molecule has 0 amide bonds. The van der Waals surface area contributed by atoms with Crippen molar-refractivity contribution in [2.24, 2.45) is 16.8 Å². The normalized spacial score (nSPS) is 25.4. The molecule has 6 nitrogen and oxygen atoms in total. The van der Waals surface area contributed by atoms with Gasteiger partial charge in [-0.2, -0.15) is 0 Å². The van der Waals surface area contributed by atoms with E-state index in [1.54, 1.807) is 0 Å². The highest BCUT2D eigenvalue weighted by molar-refractivity contribution is 14.0. The number of halogens is 1. The Morgan fingerprint density at radius 2 is 1.75 bits per heavy atom. The first-order valence-corrected chi connectivity index (χ1v) is 11.0. The van der Waals surface area contributed by atoms with Crippen LogP contribution < -0.4 is 5.32 Å². The number of nitrogens with one attached hydrogen (secondary N) is 1. The number of guanidine groups is 1. The van der Waals surface area contributed by atoms with Gasteiger partial charge in [-0.25, -0.2) is 0 Å². The minimum atomic E-state index is -0.0677. The lowest BCUT2D eigenvalue weighted by molar-refractivity contribution is -0.146. The summed E-state index contributed by atoms with van der Waals surface area (Å²) in [4.78, 5) is 21.2. The second kappa shape index (κ2) is 12.2. The molecule has 2 saturated heterocycles. The number of rotatable bonds is 5. The molecule has 0 aromatic heterocycles. The summed E-state index contributed by atoms with van der Waals surface area (Å²) in [6.07, 6.45) is 11.5. The van der Waals surface area contributed by atoms with Crippen LogP contribution in [0.3, 0.4) is 0 Å². The molecule has 2 heterocycles. The highest BCUT2D eigenvalue weighted by atomic mass is 127. The molecule has 3 fully saturated rings. The van der Waals surface area contributed by atoms with Gasteiger partial charge in [0.25, 0.3) is 0 Å². The van der Waals surface area contributed by atoms with Gasteiger partial charge in [-0.15, -0.1) is 24.0 Å². The van der Waals surface area contributed by atoms with E-state index in [9.17, 15) is 4.79 Å². The first kappa shape index (κ1) is 23.7. The molecule has 0 spiro atoms. The Bertz CT molecular complexity index is 503. The molecule has 2 aliphatic heterocycles. The average Bonchev–Trinajstić information content (AvgIpc) is 3.16. The lowest BCUT2D eigenvalue weighted by atomic mass is 9.89. The van der Waals surface area contributed by atoms with Gasteiger partial charge in [0.1, 0.15) is 0 Å². The fourth-order valence-corrected chi connectivity index (χ4v) is 5.10. The van der Waals surface area contributed by atoms with Gasteiger partial charge in [-0.3, -0.25) is 14.7 Å². The molecule has 0 aromatic carbocycles. The van der Waals surface area contributed by atoms with Crippen LogP contribution >= 0.6 is 24.0 Å². The largest absolute Gasteiger partial charge is 0.469 e. The Kier molecular flexibility index (Phi) is 10.3. The number of ether oxygens (including phenoxy) is 1. The summed E-state index contributed by atoms with van der Waals surface area (Å²) in [6, 6.07) is 0.635. The first-order chi connectivity index (χ1) is 13.2. The van der Waals surface area contributed by atoms with Crippen LogP contribution in [0.1, 0.15) is 57.8 Å². The SMILES string of the molecule is CN=C(NCC1CCCN1CC1CCCCC1)N1CCC(C(=O)OC)CC1.I. The van der Waals surface area contributed by atoms with E-state index in [1.165, 1.54) is 65.1 Å². The van der Waals surface area contributed by atoms with E-state index in [0.29, 0.717) is 6.04 Å². The molecule has 0 aromatic rings. The quantitative estimate of drug-likeness (QED) is 0.269. The van der Waals surface area contributed by atoms with Gasteiger partial charge in [0.15, 0.2) is 5.96 Å². The summed E-state index contributed by atoms with van der Waals surface area (Å²) < 4.78 is 4.89. The number of nitrogens with zero attached hydrogens (tertiary/aromatic N) is 3. The third-order valence-corrected chi connectivity index (χ3v) is 6.75. The predicted molar refractivity (Wildman–Crippen MR) is 124 cm³/mol. The zero-order valence-electron chi connectivity index (χ0n) is 17.7. The van der Waals surface area contributed by atoms with Crippen molar-refractivity contribution < 1.29 is 9.53 Å². The molecule has 0 bridgehead atoms. The van der Waals surface area contributed by atoms with Crippen molar-refractivity contribution in [2.75, 3.05) is 46.9 Å². The van der Waals surface area contributed by atoms with Crippen molar-refractivity contribution in [1.82, 2.24) is 15.1 Å². The summed E-state index contributed by atoms with van der Waals surface area (Å²) >= 11 is 0. The lowest BCUT2D eigenvalue weighted by Gasteiger charge is -2.35. The van der Waals surface area contributed by atoms with E-state index in [2.05, 4.69) is 20.1 Å². The van der Waals surface area contributed by atoms with Crippen LogP contribution in [0.4, 0.5) is 0 Å². The number of piperidine rings is 1. The molecular formula is C21H39IN4O2. The second-order valence-electron chi connectivity index (χ2n) is 8.51. The number of esters is 1. The highest BCUT2D eigenvalue weighted by Crippen LogP contribution is 2.27. The maximum atomic E-state index is 11.7. The van der Waals surface area contributed by atoms with Gasteiger partial charge < -0.3 is 15.0 Å². The molecule has 1 unspecified atom stereocenters. The predicted octanol–water partition coefficient (Wildman–Crippen LogP) is 3.11. The standard InChI is InChI=1S/C21H38N4O2.HI/c1-22-21(24-13-10-18(11-14-24)20(26)27-2)23-15-19-9-6-12-25(19)16-17-7-4-3-5-8-17;/h17-19H,3-16H2,1-2H3,(H,22,23);1H. The smallest absolute Gasteiger partial charge is 0.308 e. The highest BCUT2D eigenvalue weighted by Gasteiger charge is 2.29. The molecule has 1 N–H and O–H groups in total. The molecular weight excluding hydrogens is 467 g/mol. The summed E-state index contributed by atoms with van der Waals surface area (Å²) in [5.41, 5.74) is 0. The van der Waals surface area contributed by atoms with Crippen LogP contribution in [0.25, 0.3) is 0 Å². The number of carbonyl (C=O) groups excluding carboxylic acids is 1. The average molecular weight is 506 g/mol. The summed E-state index contributed by atoms with van der Waals surface area (Å²) in [5, 5.41) is 3.62. The minimum Gasteiger partial charge on any atom is -0.469 e. The van der Waals surface area contributed by atoms with E-state index in [1.807, 2.05) is 7.05 Å². The number of hydrogen-bond donors (Lipinski definition) is 1. The number of aliphatic imine (C=N–C) groups is 1. The third-order valence-electron chi connectivity index (χ3n) is 6.75. The molecule has 3 rings (SSSR count). The van der Waals surface area contributed by atoms with Crippen molar-refractivity contribution in [2.45, 2.75) is 63.8 Å². The summed E-state index contributed by atoms with van der Waals surface area (Å²) in [6.45, 7) is 5.27. The van der Waals surface area contributed by atoms with Gasteiger partial charge in [0, 0.05) is 39.3 Å². The van der Waals surface area contributed by atoms with E-state index in [0.717, 1.165) is 44.4 Å². The lowest BCUT2D eigenvalue weighted by Crippen LogP contribution is -2.50. The topological polar surface area (TPSA) is 57.2 Å². The molecule has 7 heteroatoms. The fourth-order valence-electron chi connectivity index (χ4n) is 5.10. The van der Waals surface area contributed by atoms with Gasteiger partial charge in [-0.05, 0) is 51.0 Å². The fraction of sp³-hybridized carbons (Fsp3) is 0.905. The van der Waals surface area contributed by atoms with Gasteiger partial charge in [0.2, 0.25) is 0 Å². The molecule has 3 aliphatic rings. The molecule has 162 valence electrons. The van der Waals surface area contributed by atoms with Crippen molar-refractivity contribution in [1.29, 1.82) is 0 Å². The molecule has 1 saturated carbocycles. The van der Waals surface area contributed by atoms with E-state index >= 15 is 0 Å². The van der Waals surface area contributed by atoms with Crippen LogP contribution in [0.5, 0.6) is 0 Å². The van der Waals surface area contributed by atoms with Gasteiger partial charge in [-0.1, -0.05) is 19.3 Å². The van der Waals surface area contributed by atoms with Crippen LogP contribution in [0.2, 0.25) is 0 Å². The maximum Gasteiger partial charge on any atom is 0.308 e. The molecule has 1 atom stereocenters. The summed E-state index contributed by atoms with van der Waals surface area (Å²) in [5.74, 6) is 1.88. The Balaban J connectivity index is 0.00000280. The third kappa shape index (κ3) is 6.47. The van der Waals surface area contributed by atoms with Gasteiger partial charge in [0.05, 0.1) is 13.0 Å². The van der Waals surface area contributed by atoms with Crippen molar-refractivity contribution in [3.8, 4) is 0 Å². The van der Waals surface area contributed by atoms with E-state index in [-0.39, 0.29) is 35.9 Å². The van der Waals surface area contributed by atoms with Gasteiger partial charge >= 0.3 is 5.97 Å². The van der Waals surface area contributed by atoms with Crippen molar-refractivity contribution >= 4 is 35.9 Å². The Hall–Kier alpha value is -0.570. The molecule has 0 radical (unpaired) electrons. The number of methoxy groups -OCH3 is 1. The Morgan fingerprint density at radius 1 is 1.04 bits per heavy atom. The van der Waals surface area contributed by atoms with Crippen molar-refractivity contribution in [3.05, 3.63) is 0 Å². The summed E-state index contributed by atoms with van der Waals surface area (Å²) in [7, 11) is 3.35. The van der Waals surface area contributed by atoms with E-state index < -0.39 is 0 Å². The monoisotopic (exact) mass is 506 g/mol. The van der Waals surface area contributed by atoms with Crippen LogP contribution in [0, 0.1) is 11.8 Å². The van der Waals surface area contributed by atoms with E-state index in [4.69, 9.17) is 4.74 Å². The van der Waals surface area contributed by atoms with Crippen LogP contribution in [-0.4, -0.2) is 74.7 Å². The van der Waals surface area contributed by atoms with Crippen LogP contribution in [-0.2, 0) is 9.53 Å².